The van der Waals surface area contributed by atoms with Crippen LogP contribution in [0.5, 0.6) is 0 Å². The molecule has 0 bridgehead atoms. The number of rotatable bonds is 3. The number of hydrogen-bond donors (Lipinski definition) is 0. The van der Waals surface area contributed by atoms with E-state index in [-0.39, 0.29) is 4.90 Å². The Labute approximate surface area is 116 Å². The van der Waals surface area contributed by atoms with Crippen LogP contribution in [0.3, 0.4) is 0 Å². The van der Waals surface area contributed by atoms with Gasteiger partial charge in [0.15, 0.2) is 9.84 Å². The highest BCUT2D eigenvalue weighted by Gasteiger charge is 2.17. The van der Waals surface area contributed by atoms with E-state index in [0.717, 1.165) is 6.26 Å². The Morgan fingerprint density at radius 1 is 0.947 bits per heavy atom. The van der Waals surface area contributed by atoms with Gasteiger partial charge < -0.3 is 0 Å². The van der Waals surface area contributed by atoms with E-state index in [0.29, 0.717) is 16.7 Å². The zero-order valence-corrected chi connectivity index (χ0v) is 11.7. The maximum atomic E-state index is 11.8. The second-order valence-corrected chi connectivity index (χ2v) is 6.42. The molecular weight excluding hydrogens is 284 g/mol. The topological polar surface area (TPSA) is 51.2 Å². The summed E-state index contributed by atoms with van der Waals surface area (Å²) >= 11 is 5.54. The van der Waals surface area contributed by atoms with E-state index in [1.807, 2.05) is 0 Å². The Morgan fingerprint density at radius 2 is 1.47 bits per heavy atom. The molecule has 0 aliphatic rings. The molecule has 0 N–H and O–H groups in total. The van der Waals surface area contributed by atoms with Gasteiger partial charge >= 0.3 is 0 Å². The van der Waals surface area contributed by atoms with Crippen molar-refractivity contribution in [1.82, 2.24) is 0 Å². The molecule has 0 saturated carbocycles. The van der Waals surface area contributed by atoms with E-state index >= 15 is 0 Å². The lowest BCUT2D eigenvalue weighted by Crippen LogP contribution is -2.02. The molecule has 19 heavy (non-hydrogen) atoms. The highest BCUT2D eigenvalue weighted by atomic mass is 35.5. The summed E-state index contributed by atoms with van der Waals surface area (Å²) in [6.45, 7) is 0. The van der Waals surface area contributed by atoms with Gasteiger partial charge in [-0.15, -0.1) is 0 Å². The van der Waals surface area contributed by atoms with Crippen LogP contribution in [0.15, 0.2) is 53.4 Å². The third-order valence-electron chi connectivity index (χ3n) is 2.72. The Hall–Kier alpha value is -1.65. The lowest BCUT2D eigenvalue weighted by atomic mass is 10.0. The molecule has 0 amide bonds. The van der Waals surface area contributed by atoms with Crippen molar-refractivity contribution in [2.45, 2.75) is 4.90 Å². The van der Waals surface area contributed by atoms with Crippen LogP contribution in [0, 0.1) is 0 Å². The van der Waals surface area contributed by atoms with Crippen LogP contribution in [-0.4, -0.2) is 19.9 Å². The van der Waals surface area contributed by atoms with E-state index in [4.69, 9.17) is 11.6 Å². The van der Waals surface area contributed by atoms with Crippen molar-refractivity contribution in [3.63, 3.8) is 0 Å². The van der Waals surface area contributed by atoms with Gasteiger partial charge in [-0.3, -0.25) is 4.79 Å². The van der Waals surface area contributed by atoms with Gasteiger partial charge in [-0.2, -0.15) is 0 Å². The molecule has 0 aliphatic carbocycles. The molecule has 5 heteroatoms. The van der Waals surface area contributed by atoms with Gasteiger partial charge in [0.2, 0.25) is 0 Å². The normalized spacial score (nSPS) is 11.3. The van der Waals surface area contributed by atoms with Gasteiger partial charge in [-0.1, -0.05) is 36.4 Å². The van der Waals surface area contributed by atoms with E-state index < -0.39 is 15.1 Å². The zero-order chi connectivity index (χ0) is 14.0. The molecule has 0 unspecified atom stereocenters. The first-order chi connectivity index (χ1) is 8.91. The Bertz CT molecular complexity index is 736. The predicted molar refractivity (Wildman–Crippen MR) is 75.2 cm³/mol. The standard InChI is InChI=1S/C14H11ClO3S/c1-19(17,18)13-9-5-4-7-11(13)10-6-2-3-8-12(10)14(15)16/h2-9H,1H3. The minimum Gasteiger partial charge on any atom is -0.276 e. The molecule has 0 radical (unpaired) electrons. The van der Waals surface area contributed by atoms with Crippen LogP contribution in [0.4, 0.5) is 0 Å². The van der Waals surface area contributed by atoms with Gasteiger partial charge in [0, 0.05) is 17.4 Å². The summed E-state index contributed by atoms with van der Waals surface area (Å²) in [6, 6.07) is 13.2. The fourth-order valence-electron chi connectivity index (χ4n) is 1.90. The van der Waals surface area contributed by atoms with Crippen molar-refractivity contribution in [3.05, 3.63) is 54.1 Å². The number of hydrogen-bond acceptors (Lipinski definition) is 3. The summed E-state index contributed by atoms with van der Waals surface area (Å²) in [5.41, 5.74) is 1.29. The highest BCUT2D eigenvalue weighted by Crippen LogP contribution is 2.30. The first-order valence-corrected chi connectivity index (χ1v) is 7.76. The second-order valence-electron chi connectivity index (χ2n) is 4.09. The number of benzene rings is 2. The fourth-order valence-corrected chi connectivity index (χ4v) is 2.97. The molecular formula is C14H11ClO3S. The molecule has 98 valence electrons. The van der Waals surface area contributed by atoms with E-state index in [2.05, 4.69) is 0 Å². The largest absolute Gasteiger partial charge is 0.276 e. The molecule has 2 aromatic carbocycles. The summed E-state index contributed by atoms with van der Waals surface area (Å²) in [4.78, 5) is 11.6. The van der Waals surface area contributed by atoms with Crippen LogP contribution >= 0.6 is 11.6 Å². The summed E-state index contributed by atoms with van der Waals surface area (Å²) < 4.78 is 23.6. The molecule has 0 aliphatic heterocycles. The second kappa shape index (κ2) is 5.15. The quantitative estimate of drug-likeness (QED) is 0.817. The molecule has 0 fully saturated rings. The molecule has 3 nitrogen and oxygen atoms in total. The summed E-state index contributed by atoms with van der Waals surface area (Å²) in [7, 11) is -3.38. The van der Waals surface area contributed by atoms with Crippen molar-refractivity contribution in [2.75, 3.05) is 6.26 Å². The van der Waals surface area contributed by atoms with Crippen molar-refractivity contribution >= 4 is 26.7 Å². The smallest absolute Gasteiger partial charge is 0.253 e. The number of carbonyl (C=O) groups excluding carboxylic acids is 1. The van der Waals surface area contributed by atoms with Crippen molar-refractivity contribution in [3.8, 4) is 11.1 Å². The van der Waals surface area contributed by atoms with E-state index in [9.17, 15) is 13.2 Å². The Kier molecular flexibility index (Phi) is 3.73. The van der Waals surface area contributed by atoms with Gasteiger partial charge in [-0.05, 0) is 29.3 Å². The van der Waals surface area contributed by atoms with Gasteiger partial charge in [0.25, 0.3) is 5.24 Å². The average Bonchev–Trinajstić information content (AvgIpc) is 2.37. The number of halogens is 1. The average molecular weight is 295 g/mol. The molecule has 0 atom stereocenters. The minimum atomic E-state index is -3.38. The minimum absolute atomic E-state index is 0.181. The maximum absolute atomic E-state index is 11.8. The van der Waals surface area contributed by atoms with E-state index in [1.54, 1.807) is 42.5 Å². The summed E-state index contributed by atoms with van der Waals surface area (Å²) in [5.74, 6) is 0. The first-order valence-electron chi connectivity index (χ1n) is 5.49. The van der Waals surface area contributed by atoms with Crippen molar-refractivity contribution in [2.24, 2.45) is 0 Å². The van der Waals surface area contributed by atoms with Crippen LogP contribution in [0.25, 0.3) is 11.1 Å². The van der Waals surface area contributed by atoms with Crippen LogP contribution in [0.2, 0.25) is 0 Å². The summed E-state index contributed by atoms with van der Waals surface area (Å²) in [6.07, 6.45) is 1.14. The fraction of sp³-hybridized carbons (Fsp3) is 0.0714. The third-order valence-corrected chi connectivity index (χ3v) is 4.07. The Balaban J connectivity index is 2.78. The SMILES string of the molecule is CS(=O)(=O)c1ccccc1-c1ccccc1C(=O)Cl. The van der Waals surface area contributed by atoms with Crippen LogP contribution in [0.1, 0.15) is 10.4 Å². The lowest BCUT2D eigenvalue weighted by molar-refractivity contribution is 0.108. The molecule has 2 rings (SSSR count). The first kappa shape index (κ1) is 13.8. The van der Waals surface area contributed by atoms with Gasteiger partial charge in [0.05, 0.1) is 4.90 Å². The Morgan fingerprint density at radius 3 is 2.05 bits per heavy atom. The third kappa shape index (κ3) is 2.85. The molecule has 0 aromatic heterocycles. The van der Waals surface area contributed by atoms with E-state index in [1.165, 1.54) is 6.07 Å². The van der Waals surface area contributed by atoms with Crippen molar-refractivity contribution in [1.29, 1.82) is 0 Å². The van der Waals surface area contributed by atoms with Crippen LogP contribution in [-0.2, 0) is 9.84 Å². The summed E-state index contributed by atoms with van der Waals surface area (Å²) in [5, 5.41) is -0.612. The monoisotopic (exact) mass is 294 g/mol. The maximum Gasteiger partial charge on any atom is 0.253 e. The molecule has 0 heterocycles. The van der Waals surface area contributed by atoms with Gasteiger partial charge in [0.1, 0.15) is 0 Å². The lowest BCUT2D eigenvalue weighted by Gasteiger charge is -2.10. The van der Waals surface area contributed by atoms with Crippen LogP contribution < -0.4 is 0 Å². The molecule has 0 saturated heterocycles. The highest BCUT2D eigenvalue weighted by molar-refractivity contribution is 7.90. The predicted octanol–water partition coefficient (Wildman–Crippen LogP) is 3.14. The number of sulfone groups is 1. The van der Waals surface area contributed by atoms with Gasteiger partial charge in [-0.25, -0.2) is 8.42 Å². The zero-order valence-electron chi connectivity index (χ0n) is 10.1. The molecule has 0 spiro atoms. The van der Waals surface area contributed by atoms with Crippen molar-refractivity contribution < 1.29 is 13.2 Å². The number of carbonyl (C=O) groups is 1. The molecule has 2 aromatic rings.